The normalized spacial score (nSPS) is 10.9. The van der Waals surface area contributed by atoms with Crippen LogP contribution >= 0.6 is 0 Å². The van der Waals surface area contributed by atoms with Gasteiger partial charge in [0, 0.05) is 11.6 Å². The van der Waals surface area contributed by atoms with Crippen LogP contribution < -0.4 is 11.3 Å². The van der Waals surface area contributed by atoms with Crippen LogP contribution in [0, 0.1) is 0 Å². The van der Waals surface area contributed by atoms with Crippen LogP contribution in [0.4, 0.5) is 5.95 Å². The number of nitrogen functional groups attached to an aromatic ring is 1. The second-order valence-corrected chi connectivity index (χ2v) is 5.50. The molecule has 3 rings (SSSR count). The van der Waals surface area contributed by atoms with E-state index < -0.39 is 0 Å². The number of hydrogen-bond acceptors (Lipinski definition) is 5. The highest BCUT2D eigenvalue weighted by molar-refractivity contribution is 5.58. The van der Waals surface area contributed by atoms with Crippen LogP contribution in [0.2, 0.25) is 0 Å². The molecular formula is C18H19N3O3. The van der Waals surface area contributed by atoms with Gasteiger partial charge >= 0.3 is 0 Å². The molecule has 0 aliphatic carbocycles. The lowest BCUT2D eigenvalue weighted by Crippen LogP contribution is -2.26. The van der Waals surface area contributed by atoms with Gasteiger partial charge in [-0.05, 0) is 36.6 Å². The first-order chi connectivity index (χ1) is 11.7. The van der Waals surface area contributed by atoms with E-state index in [1.165, 1.54) is 10.6 Å². The number of aliphatic hydroxyl groups excluding tert-OH is 1. The lowest BCUT2D eigenvalue weighted by molar-refractivity contribution is 0.274. The minimum Gasteiger partial charge on any atom is -0.464 e. The van der Waals surface area contributed by atoms with Gasteiger partial charge in [-0.25, -0.2) is 4.98 Å². The highest BCUT2D eigenvalue weighted by atomic mass is 16.3. The number of rotatable bonds is 6. The van der Waals surface area contributed by atoms with E-state index in [1.807, 2.05) is 30.3 Å². The topological polar surface area (TPSA) is 94.3 Å². The molecule has 6 heteroatoms. The van der Waals surface area contributed by atoms with Gasteiger partial charge < -0.3 is 15.3 Å². The molecule has 2 aromatic heterocycles. The van der Waals surface area contributed by atoms with Crippen molar-refractivity contribution in [2.24, 2.45) is 0 Å². The Balaban J connectivity index is 1.74. The number of nitrogens with zero attached hydrogens (tertiary/aromatic N) is 2. The zero-order chi connectivity index (χ0) is 16.9. The Bertz CT molecular complexity index is 869. The van der Waals surface area contributed by atoms with Gasteiger partial charge in [0.05, 0.1) is 25.1 Å². The van der Waals surface area contributed by atoms with Gasteiger partial charge in [-0.3, -0.25) is 9.36 Å². The molecule has 6 nitrogen and oxygen atoms in total. The first-order valence-electron chi connectivity index (χ1n) is 7.77. The summed E-state index contributed by atoms with van der Waals surface area (Å²) in [6.45, 7) is 0.00778. The summed E-state index contributed by atoms with van der Waals surface area (Å²) in [6, 6.07) is 13.3. The molecule has 0 amide bonds. The monoisotopic (exact) mass is 325 g/mol. The lowest BCUT2D eigenvalue weighted by Gasteiger charge is -2.09. The molecule has 124 valence electrons. The molecule has 0 aliphatic heterocycles. The number of furan rings is 1. The zero-order valence-corrected chi connectivity index (χ0v) is 13.2. The van der Waals surface area contributed by atoms with Gasteiger partial charge in [0.25, 0.3) is 5.56 Å². The van der Waals surface area contributed by atoms with Crippen LogP contribution in [0.25, 0.3) is 11.3 Å². The van der Waals surface area contributed by atoms with Gasteiger partial charge in [-0.15, -0.1) is 0 Å². The molecular weight excluding hydrogens is 306 g/mol. The largest absolute Gasteiger partial charge is 0.464 e. The van der Waals surface area contributed by atoms with Crippen molar-refractivity contribution in [1.82, 2.24) is 9.55 Å². The summed E-state index contributed by atoms with van der Waals surface area (Å²) in [5.41, 5.74) is 8.35. The molecule has 0 atom stereocenters. The highest BCUT2D eigenvalue weighted by Gasteiger charge is 2.07. The summed E-state index contributed by atoms with van der Waals surface area (Å²) >= 11 is 0. The van der Waals surface area contributed by atoms with E-state index in [-0.39, 0.29) is 24.7 Å². The number of nitrogens with two attached hydrogens (primary N) is 1. The maximum Gasteiger partial charge on any atom is 0.255 e. The van der Waals surface area contributed by atoms with Crippen LogP contribution in [-0.2, 0) is 19.4 Å². The van der Waals surface area contributed by atoms with E-state index in [1.54, 1.807) is 6.26 Å². The van der Waals surface area contributed by atoms with Crippen LogP contribution in [0.1, 0.15) is 11.3 Å². The molecule has 1 aromatic carbocycles. The molecule has 0 saturated heterocycles. The number of anilines is 1. The van der Waals surface area contributed by atoms with Gasteiger partial charge in [-0.1, -0.05) is 18.2 Å². The van der Waals surface area contributed by atoms with Crippen LogP contribution in [0.5, 0.6) is 0 Å². The van der Waals surface area contributed by atoms with E-state index in [0.29, 0.717) is 12.1 Å². The van der Waals surface area contributed by atoms with E-state index >= 15 is 0 Å². The predicted octanol–water partition coefficient (Wildman–Crippen LogP) is 1.86. The third-order valence-corrected chi connectivity index (χ3v) is 3.82. The fourth-order valence-electron chi connectivity index (χ4n) is 2.62. The van der Waals surface area contributed by atoms with Crippen LogP contribution in [0.15, 0.2) is 57.9 Å². The quantitative estimate of drug-likeness (QED) is 0.721. The smallest absolute Gasteiger partial charge is 0.255 e. The molecule has 0 bridgehead atoms. The molecule has 0 aliphatic rings. The second-order valence-electron chi connectivity index (χ2n) is 5.50. The summed E-state index contributed by atoms with van der Waals surface area (Å²) in [4.78, 5) is 16.2. The molecule has 3 N–H and O–H groups in total. The number of hydrogen-bond donors (Lipinski definition) is 2. The third-order valence-electron chi connectivity index (χ3n) is 3.82. The Morgan fingerprint density at radius 3 is 2.75 bits per heavy atom. The average Bonchev–Trinajstić information content (AvgIpc) is 3.11. The molecule has 0 saturated carbocycles. The van der Waals surface area contributed by atoms with Gasteiger partial charge in [-0.2, -0.15) is 0 Å². The molecule has 0 spiro atoms. The Labute approximate surface area is 139 Å². The van der Waals surface area contributed by atoms with Crippen molar-refractivity contribution in [3.63, 3.8) is 0 Å². The van der Waals surface area contributed by atoms with E-state index in [4.69, 9.17) is 15.3 Å². The number of aliphatic hydroxyl groups is 1. The summed E-state index contributed by atoms with van der Waals surface area (Å²) < 4.78 is 6.68. The Morgan fingerprint density at radius 2 is 2.04 bits per heavy atom. The van der Waals surface area contributed by atoms with Gasteiger partial charge in [0.2, 0.25) is 5.95 Å². The van der Waals surface area contributed by atoms with Crippen molar-refractivity contribution in [1.29, 1.82) is 0 Å². The van der Waals surface area contributed by atoms with E-state index in [0.717, 1.165) is 23.3 Å². The molecule has 0 radical (unpaired) electrons. The zero-order valence-electron chi connectivity index (χ0n) is 13.2. The molecule has 0 fully saturated rings. The molecule has 0 unspecified atom stereocenters. The molecule has 2 heterocycles. The van der Waals surface area contributed by atoms with Crippen molar-refractivity contribution in [2.45, 2.75) is 19.4 Å². The Morgan fingerprint density at radius 1 is 1.17 bits per heavy atom. The fraction of sp³-hybridized carbons (Fsp3) is 0.222. The van der Waals surface area contributed by atoms with Crippen molar-refractivity contribution in [3.8, 4) is 11.3 Å². The maximum absolute atomic E-state index is 12.0. The van der Waals surface area contributed by atoms with Crippen molar-refractivity contribution < 1.29 is 9.52 Å². The number of aryl methyl sites for hydroxylation is 2. The average molecular weight is 325 g/mol. The summed E-state index contributed by atoms with van der Waals surface area (Å²) in [5.74, 6) is 0.960. The minimum atomic E-state index is -0.240. The Kier molecular flexibility index (Phi) is 4.77. The first kappa shape index (κ1) is 16.0. The predicted molar refractivity (Wildman–Crippen MR) is 91.5 cm³/mol. The van der Waals surface area contributed by atoms with Gasteiger partial charge in [0.1, 0.15) is 5.76 Å². The number of benzene rings is 1. The summed E-state index contributed by atoms with van der Waals surface area (Å²) in [6.07, 6.45) is 3.00. The first-order valence-corrected chi connectivity index (χ1v) is 7.77. The number of aromatic nitrogens is 2. The summed E-state index contributed by atoms with van der Waals surface area (Å²) in [7, 11) is 0. The lowest BCUT2D eigenvalue weighted by atomic mass is 10.0. The Hall–Kier alpha value is -2.86. The van der Waals surface area contributed by atoms with Crippen molar-refractivity contribution >= 4 is 5.95 Å². The molecule has 24 heavy (non-hydrogen) atoms. The standard InChI is InChI=1S/C18H19N3O3/c19-18-20-15(12-17(23)21(18)8-9-22)7-6-13-3-1-4-14(11-13)16-5-2-10-24-16/h1-5,10-12,22H,6-9H2,(H2,19,20). The van der Waals surface area contributed by atoms with Gasteiger partial charge in [0.15, 0.2) is 0 Å². The maximum atomic E-state index is 12.0. The highest BCUT2D eigenvalue weighted by Crippen LogP contribution is 2.21. The van der Waals surface area contributed by atoms with Crippen LogP contribution in [0.3, 0.4) is 0 Å². The third kappa shape index (κ3) is 3.55. The molecule has 3 aromatic rings. The fourth-order valence-corrected chi connectivity index (χ4v) is 2.62. The van der Waals surface area contributed by atoms with Crippen molar-refractivity contribution in [3.05, 3.63) is 70.3 Å². The minimum absolute atomic E-state index is 0.135. The van der Waals surface area contributed by atoms with Crippen molar-refractivity contribution in [2.75, 3.05) is 12.3 Å². The SMILES string of the molecule is Nc1nc(CCc2cccc(-c3ccco3)c2)cc(=O)n1CCO. The summed E-state index contributed by atoms with van der Waals surface area (Å²) in [5, 5.41) is 8.94. The van der Waals surface area contributed by atoms with E-state index in [9.17, 15) is 4.79 Å². The van der Waals surface area contributed by atoms with Crippen LogP contribution in [-0.4, -0.2) is 21.3 Å². The second kappa shape index (κ2) is 7.14. The van der Waals surface area contributed by atoms with E-state index in [2.05, 4.69) is 11.1 Å².